The summed E-state index contributed by atoms with van der Waals surface area (Å²) in [5, 5.41) is 5.43. The lowest BCUT2D eigenvalue weighted by molar-refractivity contribution is 0.0391. The summed E-state index contributed by atoms with van der Waals surface area (Å²) in [7, 11) is 0. The van der Waals surface area contributed by atoms with Crippen molar-refractivity contribution in [3.8, 4) is 0 Å². The molecular formula is C19H26N2OS. The van der Waals surface area contributed by atoms with Crippen LogP contribution in [0.5, 0.6) is 0 Å². The average molecular weight is 330 g/mol. The molecule has 1 aromatic heterocycles. The van der Waals surface area contributed by atoms with Gasteiger partial charge in [-0.1, -0.05) is 18.9 Å². The molecule has 124 valence electrons. The Balaban J connectivity index is 1.52. The van der Waals surface area contributed by atoms with Gasteiger partial charge in [0, 0.05) is 29.4 Å². The van der Waals surface area contributed by atoms with Crippen molar-refractivity contribution in [1.29, 1.82) is 0 Å². The largest absolute Gasteiger partial charge is 0.335 e. The number of rotatable bonds is 2. The van der Waals surface area contributed by atoms with Crippen LogP contribution in [0, 0.1) is 5.92 Å². The molecule has 4 heteroatoms. The first-order valence-electron chi connectivity index (χ1n) is 9.12. The Bertz CT molecular complexity index is 604. The Morgan fingerprint density at radius 3 is 2.96 bits per heavy atom. The second-order valence-corrected chi connectivity index (χ2v) is 8.05. The fourth-order valence-electron chi connectivity index (χ4n) is 4.51. The summed E-state index contributed by atoms with van der Waals surface area (Å²) >= 11 is 1.73. The van der Waals surface area contributed by atoms with Gasteiger partial charge >= 0.3 is 0 Å². The van der Waals surface area contributed by atoms with E-state index in [1.807, 2.05) is 0 Å². The number of likely N-dealkylation sites (tertiary alicyclic amines) is 1. The third-order valence-electron chi connectivity index (χ3n) is 5.73. The molecule has 1 saturated heterocycles. The summed E-state index contributed by atoms with van der Waals surface area (Å²) in [6, 6.07) is 2.64. The Morgan fingerprint density at radius 1 is 1.22 bits per heavy atom. The molecule has 2 atom stereocenters. The minimum atomic E-state index is 0.277. The van der Waals surface area contributed by atoms with E-state index in [9.17, 15) is 4.79 Å². The molecule has 1 amide bonds. The molecule has 2 fully saturated rings. The predicted octanol–water partition coefficient (Wildman–Crippen LogP) is 3.92. The number of nitrogens with zero attached hydrogens (tertiary/aromatic N) is 1. The van der Waals surface area contributed by atoms with Crippen LogP contribution in [0.2, 0.25) is 0 Å². The highest BCUT2D eigenvalue weighted by Gasteiger charge is 2.36. The van der Waals surface area contributed by atoms with Gasteiger partial charge < -0.3 is 10.2 Å². The molecule has 0 unspecified atom stereocenters. The first-order chi connectivity index (χ1) is 11.3. The van der Waals surface area contributed by atoms with Gasteiger partial charge in [0.1, 0.15) is 0 Å². The van der Waals surface area contributed by atoms with Crippen molar-refractivity contribution in [3.63, 3.8) is 0 Å². The summed E-state index contributed by atoms with van der Waals surface area (Å²) < 4.78 is 0. The highest BCUT2D eigenvalue weighted by Crippen LogP contribution is 2.36. The number of piperidine rings is 1. The predicted molar refractivity (Wildman–Crippen MR) is 95.8 cm³/mol. The maximum Gasteiger partial charge on any atom is 0.254 e. The summed E-state index contributed by atoms with van der Waals surface area (Å²) in [4.78, 5) is 16.5. The van der Waals surface area contributed by atoms with E-state index in [0.29, 0.717) is 6.04 Å². The number of hydrogen-bond donors (Lipinski definition) is 1. The van der Waals surface area contributed by atoms with E-state index in [2.05, 4.69) is 27.7 Å². The molecular weight excluding hydrogens is 304 g/mol. The zero-order chi connectivity index (χ0) is 15.6. The van der Waals surface area contributed by atoms with Gasteiger partial charge in [-0.25, -0.2) is 0 Å². The zero-order valence-corrected chi connectivity index (χ0v) is 14.5. The summed E-state index contributed by atoms with van der Waals surface area (Å²) in [6.45, 7) is 2.95. The van der Waals surface area contributed by atoms with Gasteiger partial charge in [-0.3, -0.25) is 4.79 Å². The number of nitrogens with one attached hydrogen (secondary N) is 1. The Hall–Kier alpha value is -1.13. The van der Waals surface area contributed by atoms with E-state index >= 15 is 0 Å². The van der Waals surface area contributed by atoms with Crippen LogP contribution in [0.4, 0.5) is 0 Å². The van der Waals surface area contributed by atoms with E-state index in [1.54, 1.807) is 11.3 Å². The topological polar surface area (TPSA) is 32.3 Å². The Morgan fingerprint density at radius 2 is 2.09 bits per heavy atom. The van der Waals surface area contributed by atoms with Crippen molar-refractivity contribution in [2.75, 3.05) is 19.6 Å². The van der Waals surface area contributed by atoms with Gasteiger partial charge in [0.15, 0.2) is 0 Å². The monoisotopic (exact) mass is 330 g/mol. The quantitative estimate of drug-likeness (QED) is 0.891. The molecule has 1 N–H and O–H groups in total. The molecule has 1 aromatic rings. The Labute approximate surface area is 142 Å². The van der Waals surface area contributed by atoms with Crippen LogP contribution in [0.1, 0.15) is 60.2 Å². The third kappa shape index (κ3) is 3.11. The number of amides is 1. The van der Waals surface area contributed by atoms with Crippen LogP contribution in [0.15, 0.2) is 17.5 Å². The van der Waals surface area contributed by atoms with Crippen LogP contribution >= 0.6 is 11.3 Å². The van der Waals surface area contributed by atoms with Gasteiger partial charge in [-0.05, 0) is 56.2 Å². The smallest absolute Gasteiger partial charge is 0.254 e. The summed E-state index contributed by atoms with van der Waals surface area (Å²) in [6.07, 6.45) is 11.0. The molecule has 3 heterocycles. The number of fused-ring (bicyclic) bond motifs is 1. The Kier molecular flexibility index (Phi) is 4.54. The maximum absolute atomic E-state index is 13.1. The van der Waals surface area contributed by atoms with E-state index in [4.69, 9.17) is 0 Å². The van der Waals surface area contributed by atoms with E-state index < -0.39 is 0 Å². The highest BCUT2D eigenvalue weighted by molar-refractivity contribution is 7.11. The first-order valence-corrected chi connectivity index (χ1v) is 10.0. The molecule has 4 rings (SSSR count). The molecule has 3 nitrogen and oxygen atoms in total. The van der Waals surface area contributed by atoms with Crippen molar-refractivity contribution in [2.24, 2.45) is 5.92 Å². The van der Waals surface area contributed by atoms with Crippen LogP contribution in [-0.2, 0) is 0 Å². The number of thiophene rings is 1. The van der Waals surface area contributed by atoms with Crippen LogP contribution in [0.3, 0.4) is 0 Å². The minimum absolute atomic E-state index is 0.277. The molecule has 2 aliphatic heterocycles. The van der Waals surface area contributed by atoms with Crippen LogP contribution < -0.4 is 5.32 Å². The summed E-state index contributed by atoms with van der Waals surface area (Å²) in [5.74, 6) is 1.03. The number of hydrogen-bond acceptors (Lipinski definition) is 3. The molecule has 0 aromatic carbocycles. The third-order valence-corrected chi connectivity index (χ3v) is 6.74. The van der Waals surface area contributed by atoms with E-state index in [0.717, 1.165) is 37.5 Å². The molecule has 1 saturated carbocycles. The fourth-order valence-corrected chi connectivity index (χ4v) is 5.46. The minimum Gasteiger partial charge on any atom is -0.335 e. The lowest BCUT2D eigenvalue weighted by atomic mass is 9.78. The van der Waals surface area contributed by atoms with Crippen molar-refractivity contribution in [2.45, 2.75) is 51.0 Å². The van der Waals surface area contributed by atoms with E-state index in [1.165, 1.54) is 49.0 Å². The van der Waals surface area contributed by atoms with Gasteiger partial charge in [0.2, 0.25) is 0 Å². The van der Waals surface area contributed by atoms with E-state index in [-0.39, 0.29) is 5.91 Å². The molecule has 0 spiro atoms. The second kappa shape index (κ2) is 6.78. The van der Waals surface area contributed by atoms with Gasteiger partial charge in [0.25, 0.3) is 5.91 Å². The SMILES string of the molecule is O=C(c1csc(C2=CCNCC2)c1)N1CCC[C@@H]2CCCC[C@@H]21. The van der Waals surface area contributed by atoms with Gasteiger partial charge in [-0.2, -0.15) is 0 Å². The normalized spacial score (nSPS) is 28.2. The zero-order valence-electron chi connectivity index (χ0n) is 13.7. The lowest BCUT2D eigenvalue weighted by Crippen LogP contribution is -2.49. The second-order valence-electron chi connectivity index (χ2n) is 7.14. The van der Waals surface area contributed by atoms with Crippen molar-refractivity contribution in [3.05, 3.63) is 28.0 Å². The van der Waals surface area contributed by atoms with Crippen molar-refractivity contribution in [1.82, 2.24) is 10.2 Å². The lowest BCUT2D eigenvalue weighted by Gasteiger charge is -2.44. The maximum atomic E-state index is 13.1. The highest BCUT2D eigenvalue weighted by atomic mass is 32.1. The van der Waals surface area contributed by atoms with Gasteiger partial charge in [-0.15, -0.1) is 11.3 Å². The standard InChI is InChI=1S/C19H26N2OS/c22-19(21-11-3-5-14-4-1-2-6-17(14)21)16-12-18(23-13-16)15-7-9-20-10-8-15/h7,12-14,17,20H,1-6,8-11H2/t14-,17-/m0/s1. The van der Waals surface area contributed by atoms with Gasteiger partial charge in [0.05, 0.1) is 5.56 Å². The molecule has 0 radical (unpaired) electrons. The van der Waals surface area contributed by atoms with Crippen molar-refractivity contribution < 1.29 is 4.79 Å². The molecule has 3 aliphatic rings. The average Bonchev–Trinajstić information content (AvgIpc) is 3.11. The fraction of sp³-hybridized carbons (Fsp3) is 0.632. The molecule has 1 aliphatic carbocycles. The van der Waals surface area contributed by atoms with Crippen LogP contribution in [0.25, 0.3) is 5.57 Å². The molecule has 0 bridgehead atoms. The van der Waals surface area contributed by atoms with Crippen molar-refractivity contribution >= 4 is 22.8 Å². The number of carbonyl (C=O) groups excluding carboxylic acids is 1. The first kappa shape index (κ1) is 15.4. The number of carbonyl (C=O) groups is 1. The molecule has 23 heavy (non-hydrogen) atoms. The van der Waals surface area contributed by atoms with Crippen LogP contribution in [-0.4, -0.2) is 36.5 Å². The summed E-state index contributed by atoms with van der Waals surface area (Å²) in [5.41, 5.74) is 2.32.